The lowest BCUT2D eigenvalue weighted by Gasteiger charge is -2.27. The van der Waals surface area contributed by atoms with E-state index in [0.29, 0.717) is 29.4 Å². The summed E-state index contributed by atoms with van der Waals surface area (Å²) in [7, 11) is -3.83. The molecule has 0 aromatic heterocycles. The van der Waals surface area contributed by atoms with Gasteiger partial charge in [0, 0.05) is 11.6 Å². The third-order valence-corrected chi connectivity index (χ3v) is 7.11. The molecule has 0 aliphatic carbocycles. The van der Waals surface area contributed by atoms with Crippen molar-refractivity contribution >= 4 is 33.6 Å². The molecule has 10 heteroatoms. The largest absolute Gasteiger partial charge is 0.457 e. The van der Waals surface area contributed by atoms with E-state index in [-0.39, 0.29) is 11.4 Å². The first-order chi connectivity index (χ1) is 13.8. The van der Waals surface area contributed by atoms with Gasteiger partial charge in [0.15, 0.2) is 0 Å². The molecule has 2 N–H and O–H groups in total. The molecule has 0 spiro atoms. The van der Waals surface area contributed by atoms with Crippen LogP contribution in [0.2, 0.25) is 5.02 Å². The minimum Gasteiger partial charge on any atom is -0.457 e. The van der Waals surface area contributed by atoms with Crippen LogP contribution in [0.15, 0.2) is 53.4 Å². The van der Waals surface area contributed by atoms with Crippen molar-refractivity contribution in [1.29, 1.82) is 0 Å². The molecule has 2 fully saturated rings. The summed E-state index contributed by atoms with van der Waals surface area (Å²) in [5.74, 6) is 0.549. The molecule has 8 nitrogen and oxygen atoms in total. The number of amides is 3. The van der Waals surface area contributed by atoms with E-state index in [1.54, 1.807) is 36.4 Å². The van der Waals surface area contributed by atoms with Crippen molar-refractivity contribution in [2.24, 2.45) is 0 Å². The number of sulfonamides is 1. The number of imide groups is 1. The molecule has 4 rings (SSSR count). The van der Waals surface area contributed by atoms with Crippen LogP contribution in [0.5, 0.6) is 11.5 Å². The van der Waals surface area contributed by atoms with Gasteiger partial charge < -0.3 is 10.1 Å². The molecule has 2 aliphatic heterocycles. The van der Waals surface area contributed by atoms with Crippen molar-refractivity contribution in [3.63, 3.8) is 0 Å². The van der Waals surface area contributed by atoms with Crippen LogP contribution in [0.1, 0.15) is 12.8 Å². The van der Waals surface area contributed by atoms with E-state index in [1.807, 2.05) is 0 Å². The summed E-state index contributed by atoms with van der Waals surface area (Å²) in [5, 5.41) is 5.25. The Morgan fingerprint density at radius 3 is 2.21 bits per heavy atom. The zero-order valence-corrected chi connectivity index (χ0v) is 16.7. The monoisotopic (exact) mass is 435 g/mol. The predicted octanol–water partition coefficient (Wildman–Crippen LogP) is 2.49. The maximum atomic E-state index is 13.1. The van der Waals surface area contributed by atoms with Gasteiger partial charge in [-0.3, -0.25) is 10.1 Å². The average molecular weight is 436 g/mol. The van der Waals surface area contributed by atoms with Crippen molar-refractivity contribution in [3.8, 4) is 11.5 Å². The first-order valence-electron chi connectivity index (χ1n) is 9.01. The third-order valence-electron chi connectivity index (χ3n) is 4.92. The van der Waals surface area contributed by atoms with Gasteiger partial charge in [0.25, 0.3) is 5.91 Å². The zero-order valence-electron chi connectivity index (χ0n) is 15.2. The Kier molecular flexibility index (Phi) is 5.20. The van der Waals surface area contributed by atoms with Crippen LogP contribution in [-0.2, 0) is 14.8 Å². The lowest BCUT2D eigenvalue weighted by molar-refractivity contribution is -0.121. The van der Waals surface area contributed by atoms with Gasteiger partial charge in [-0.15, -0.1) is 0 Å². The van der Waals surface area contributed by atoms with Crippen LogP contribution >= 0.6 is 11.6 Å². The van der Waals surface area contributed by atoms with Gasteiger partial charge in [-0.25, -0.2) is 13.2 Å². The van der Waals surface area contributed by atoms with Crippen molar-refractivity contribution in [3.05, 3.63) is 53.6 Å². The quantitative estimate of drug-likeness (QED) is 0.702. The molecule has 2 saturated heterocycles. The Morgan fingerprint density at radius 1 is 1.00 bits per heavy atom. The van der Waals surface area contributed by atoms with Crippen molar-refractivity contribution in [1.82, 2.24) is 14.9 Å². The van der Waals surface area contributed by atoms with Gasteiger partial charge >= 0.3 is 6.03 Å². The van der Waals surface area contributed by atoms with E-state index in [9.17, 15) is 18.0 Å². The smallest absolute Gasteiger partial charge is 0.322 e. The van der Waals surface area contributed by atoms with Crippen molar-refractivity contribution in [2.45, 2.75) is 29.8 Å². The van der Waals surface area contributed by atoms with Crippen LogP contribution < -0.4 is 15.4 Å². The van der Waals surface area contributed by atoms with E-state index in [4.69, 9.17) is 16.3 Å². The van der Waals surface area contributed by atoms with E-state index < -0.39 is 34.0 Å². The summed E-state index contributed by atoms with van der Waals surface area (Å²) in [6, 6.07) is 10.8. The molecule has 2 atom stereocenters. The highest BCUT2D eigenvalue weighted by atomic mass is 35.5. The van der Waals surface area contributed by atoms with Crippen LogP contribution in [0.3, 0.4) is 0 Å². The average Bonchev–Trinajstić information content (AvgIpc) is 3.30. The molecule has 2 heterocycles. The van der Waals surface area contributed by atoms with Gasteiger partial charge in [-0.05, 0) is 61.4 Å². The van der Waals surface area contributed by atoms with Crippen LogP contribution in [0, 0.1) is 0 Å². The summed E-state index contributed by atoms with van der Waals surface area (Å²) in [6.07, 6.45) is 1.11. The second kappa shape index (κ2) is 7.66. The van der Waals surface area contributed by atoms with Gasteiger partial charge in [0.1, 0.15) is 17.5 Å². The number of nitrogens with zero attached hydrogens (tertiary/aromatic N) is 1. The highest BCUT2D eigenvalue weighted by Crippen LogP contribution is 2.30. The lowest BCUT2D eigenvalue weighted by atomic mass is 10.1. The number of hydrogen-bond acceptors (Lipinski definition) is 5. The molecule has 2 unspecified atom stereocenters. The molecular formula is C19H18ClN3O5S. The minimum absolute atomic E-state index is 0.0950. The van der Waals surface area contributed by atoms with Crippen LogP contribution in [0.25, 0.3) is 0 Å². The summed E-state index contributed by atoms with van der Waals surface area (Å²) in [5.41, 5.74) is 0. The number of hydrogen-bond donors (Lipinski definition) is 2. The molecule has 2 aliphatic rings. The highest BCUT2D eigenvalue weighted by molar-refractivity contribution is 7.89. The Morgan fingerprint density at radius 2 is 1.62 bits per heavy atom. The fraction of sp³-hybridized carbons (Fsp3) is 0.263. The van der Waals surface area contributed by atoms with Gasteiger partial charge in [0.05, 0.1) is 10.9 Å². The minimum atomic E-state index is -3.83. The van der Waals surface area contributed by atoms with Gasteiger partial charge in [0.2, 0.25) is 10.0 Å². The molecule has 0 saturated carbocycles. The standard InChI is InChI=1S/C19H18ClN3O5S/c20-12-3-5-13(6-4-12)28-14-7-9-15(10-8-14)29(26,27)23-11-1-2-16(23)17-18(24)22-19(25)21-17/h3-10,16-17H,1-2,11H2,(H2,21,22,24,25). The molecular weight excluding hydrogens is 418 g/mol. The third kappa shape index (κ3) is 3.93. The summed E-state index contributed by atoms with van der Waals surface area (Å²) in [4.78, 5) is 23.5. The fourth-order valence-electron chi connectivity index (χ4n) is 3.55. The first-order valence-corrected chi connectivity index (χ1v) is 10.8. The van der Waals surface area contributed by atoms with E-state index >= 15 is 0 Å². The molecule has 0 radical (unpaired) electrons. The number of carbonyl (C=O) groups is 2. The number of nitrogens with one attached hydrogen (secondary N) is 2. The van der Waals surface area contributed by atoms with E-state index in [0.717, 1.165) is 0 Å². The van der Waals surface area contributed by atoms with Crippen molar-refractivity contribution in [2.75, 3.05) is 6.54 Å². The molecule has 2 aromatic rings. The molecule has 29 heavy (non-hydrogen) atoms. The Bertz CT molecular complexity index is 1040. The molecule has 152 valence electrons. The highest BCUT2D eigenvalue weighted by Gasteiger charge is 2.45. The Balaban J connectivity index is 1.53. The zero-order chi connectivity index (χ0) is 20.6. The maximum absolute atomic E-state index is 13.1. The topological polar surface area (TPSA) is 105 Å². The predicted molar refractivity (Wildman–Crippen MR) is 105 cm³/mol. The summed E-state index contributed by atoms with van der Waals surface area (Å²) >= 11 is 5.85. The molecule has 3 amide bonds. The SMILES string of the molecule is O=C1NC(=O)C(C2CCCN2S(=O)(=O)c2ccc(Oc3ccc(Cl)cc3)cc2)N1. The lowest BCUT2D eigenvalue weighted by Crippen LogP contribution is -2.49. The Labute approximate surface area is 172 Å². The summed E-state index contributed by atoms with van der Waals surface area (Å²) < 4.78 is 33.2. The number of carbonyl (C=O) groups excluding carboxylic acids is 2. The number of rotatable bonds is 5. The molecule has 2 aromatic carbocycles. The fourth-order valence-corrected chi connectivity index (χ4v) is 5.38. The van der Waals surface area contributed by atoms with E-state index in [2.05, 4.69) is 10.6 Å². The Hall–Kier alpha value is -2.62. The van der Waals surface area contributed by atoms with Gasteiger partial charge in [-0.2, -0.15) is 4.31 Å². The number of urea groups is 1. The number of halogens is 1. The number of ether oxygens (including phenoxy) is 1. The van der Waals surface area contributed by atoms with Crippen LogP contribution in [-0.4, -0.2) is 43.3 Å². The first kappa shape index (κ1) is 19.7. The second-order valence-corrected chi connectivity index (χ2v) is 9.12. The summed E-state index contributed by atoms with van der Waals surface area (Å²) in [6.45, 7) is 0.287. The van der Waals surface area contributed by atoms with E-state index in [1.165, 1.54) is 16.4 Å². The molecule has 0 bridgehead atoms. The number of benzene rings is 2. The normalized spacial score (nSPS) is 22.4. The van der Waals surface area contributed by atoms with Gasteiger partial charge in [-0.1, -0.05) is 11.6 Å². The maximum Gasteiger partial charge on any atom is 0.322 e. The second-order valence-electron chi connectivity index (χ2n) is 6.79. The van der Waals surface area contributed by atoms with Crippen molar-refractivity contribution < 1.29 is 22.7 Å². The van der Waals surface area contributed by atoms with Crippen LogP contribution in [0.4, 0.5) is 4.79 Å².